The fourth-order valence-electron chi connectivity index (χ4n) is 2.81. The molecule has 0 radical (unpaired) electrons. The normalized spacial score (nSPS) is 20.2. The van der Waals surface area contributed by atoms with Crippen molar-refractivity contribution in [1.29, 1.82) is 0 Å². The first-order valence-corrected chi connectivity index (χ1v) is 7.36. The fourth-order valence-corrected chi connectivity index (χ4v) is 2.81. The van der Waals surface area contributed by atoms with Crippen LogP contribution in [0.25, 0.3) is 11.5 Å². The lowest BCUT2D eigenvalue weighted by Crippen LogP contribution is -2.37. The van der Waals surface area contributed by atoms with E-state index in [2.05, 4.69) is 35.0 Å². The van der Waals surface area contributed by atoms with Crippen LogP contribution in [0.1, 0.15) is 37.6 Å². The first kappa shape index (κ1) is 13.3. The zero-order valence-electron chi connectivity index (χ0n) is 12.2. The van der Waals surface area contributed by atoms with Gasteiger partial charge in [-0.15, -0.1) is 0 Å². The molecular formula is C16H21N3O. The second kappa shape index (κ2) is 5.75. The van der Waals surface area contributed by atoms with Crippen LogP contribution in [0, 0.1) is 6.92 Å². The van der Waals surface area contributed by atoms with Crippen LogP contribution in [0.3, 0.4) is 0 Å². The lowest BCUT2D eigenvalue weighted by molar-refractivity contribution is 0.147. The Labute approximate surface area is 119 Å². The summed E-state index contributed by atoms with van der Waals surface area (Å²) in [6, 6.07) is 8.72. The lowest BCUT2D eigenvalue weighted by atomic mass is 10.0. The minimum Gasteiger partial charge on any atom is -0.334 e. The van der Waals surface area contributed by atoms with Gasteiger partial charge >= 0.3 is 0 Å². The molecule has 0 N–H and O–H groups in total. The van der Waals surface area contributed by atoms with E-state index in [0.717, 1.165) is 30.0 Å². The second-order valence-electron chi connectivity index (χ2n) is 5.65. The first-order chi connectivity index (χ1) is 9.74. The van der Waals surface area contributed by atoms with Gasteiger partial charge in [0.1, 0.15) is 0 Å². The summed E-state index contributed by atoms with van der Waals surface area (Å²) in [6.45, 7) is 6.26. The molecule has 1 aliphatic rings. The van der Waals surface area contributed by atoms with Crippen molar-refractivity contribution in [2.75, 3.05) is 6.54 Å². The van der Waals surface area contributed by atoms with E-state index in [1.54, 1.807) is 0 Å². The fraction of sp³-hybridized carbons (Fsp3) is 0.500. The standard InChI is InChI=1S/C16H21N3O/c1-12-7-3-4-9-14(12)16-17-15(18-20-16)11-19-10-6-5-8-13(19)2/h3-4,7,9,13H,5-6,8,10-11H2,1-2H3. The lowest BCUT2D eigenvalue weighted by Gasteiger charge is -2.32. The molecule has 4 nitrogen and oxygen atoms in total. The van der Waals surface area contributed by atoms with Crippen molar-refractivity contribution >= 4 is 0 Å². The molecule has 1 aliphatic heterocycles. The maximum Gasteiger partial charge on any atom is 0.258 e. The molecule has 0 spiro atoms. The van der Waals surface area contributed by atoms with Gasteiger partial charge in [0.25, 0.3) is 5.89 Å². The molecule has 0 bridgehead atoms. The zero-order chi connectivity index (χ0) is 13.9. The molecule has 0 aliphatic carbocycles. The van der Waals surface area contributed by atoms with E-state index in [4.69, 9.17) is 4.52 Å². The van der Waals surface area contributed by atoms with Gasteiger partial charge in [-0.25, -0.2) is 0 Å². The average molecular weight is 271 g/mol. The van der Waals surface area contributed by atoms with Gasteiger partial charge in [-0.2, -0.15) is 4.98 Å². The van der Waals surface area contributed by atoms with Crippen molar-refractivity contribution in [2.45, 2.75) is 45.7 Å². The van der Waals surface area contributed by atoms with Gasteiger partial charge in [-0.05, 0) is 44.9 Å². The molecule has 1 saturated heterocycles. The summed E-state index contributed by atoms with van der Waals surface area (Å²) in [5, 5.41) is 4.13. The predicted octanol–water partition coefficient (Wildman–Crippen LogP) is 3.42. The van der Waals surface area contributed by atoms with E-state index in [9.17, 15) is 0 Å². The topological polar surface area (TPSA) is 42.2 Å². The second-order valence-corrected chi connectivity index (χ2v) is 5.65. The molecular weight excluding hydrogens is 250 g/mol. The summed E-state index contributed by atoms with van der Waals surface area (Å²) in [4.78, 5) is 6.99. The number of piperidine rings is 1. The molecule has 2 heterocycles. The Morgan fingerprint density at radius 2 is 2.15 bits per heavy atom. The van der Waals surface area contributed by atoms with E-state index in [1.807, 2.05) is 18.2 Å². The number of aryl methyl sites for hydroxylation is 1. The van der Waals surface area contributed by atoms with Gasteiger partial charge in [0.2, 0.25) is 0 Å². The van der Waals surface area contributed by atoms with Crippen LogP contribution in [0.5, 0.6) is 0 Å². The third-order valence-corrected chi connectivity index (χ3v) is 4.13. The highest BCUT2D eigenvalue weighted by Crippen LogP contribution is 2.22. The van der Waals surface area contributed by atoms with Crippen molar-refractivity contribution in [2.24, 2.45) is 0 Å². The Morgan fingerprint density at radius 1 is 1.30 bits per heavy atom. The molecule has 4 heteroatoms. The monoisotopic (exact) mass is 271 g/mol. The summed E-state index contributed by atoms with van der Waals surface area (Å²) < 4.78 is 5.42. The van der Waals surface area contributed by atoms with Crippen LogP contribution in [0.15, 0.2) is 28.8 Å². The van der Waals surface area contributed by atoms with Crippen molar-refractivity contribution in [1.82, 2.24) is 15.0 Å². The number of likely N-dealkylation sites (tertiary alicyclic amines) is 1. The number of hydrogen-bond donors (Lipinski definition) is 0. The predicted molar refractivity (Wildman–Crippen MR) is 78.2 cm³/mol. The van der Waals surface area contributed by atoms with E-state index < -0.39 is 0 Å². The van der Waals surface area contributed by atoms with Gasteiger partial charge in [0.05, 0.1) is 6.54 Å². The van der Waals surface area contributed by atoms with E-state index in [-0.39, 0.29) is 0 Å². The van der Waals surface area contributed by atoms with Gasteiger partial charge in [-0.3, -0.25) is 4.90 Å². The number of rotatable bonds is 3. The SMILES string of the molecule is Cc1ccccc1-c1nc(CN2CCCCC2C)no1. The maximum atomic E-state index is 5.42. The quantitative estimate of drug-likeness (QED) is 0.858. The Kier molecular flexibility index (Phi) is 3.83. The van der Waals surface area contributed by atoms with Crippen LogP contribution in [-0.2, 0) is 6.54 Å². The van der Waals surface area contributed by atoms with Crippen molar-refractivity contribution in [3.8, 4) is 11.5 Å². The highest BCUT2D eigenvalue weighted by Gasteiger charge is 2.20. The Morgan fingerprint density at radius 3 is 2.95 bits per heavy atom. The molecule has 20 heavy (non-hydrogen) atoms. The summed E-state index contributed by atoms with van der Waals surface area (Å²) in [5.74, 6) is 1.42. The Balaban J connectivity index is 1.75. The van der Waals surface area contributed by atoms with Crippen molar-refractivity contribution in [3.63, 3.8) is 0 Å². The molecule has 0 amide bonds. The number of hydrogen-bond acceptors (Lipinski definition) is 4. The van der Waals surface area contributed by atoms with E-state index >= 15 is 0 Å². The Hall–Kier alpha value is -1.68. The largest absolute Gasteiger partial charge is 0.334 e. The highest BCUT2D eigenvalue weighted by atomic mass is 16.5. The average Bonchev–Trinajstić information content (AvgIpc) is 2.90. The summed E-state index contributed by atoms with van der Waals surface area (Å²) in [6.07, 6.45) is 3.87. The maximum absolute atomic E-state index is 5.42. The summed E-state index contributed by atoms with van der Waals surface area (Å²) in [5.41, 5.74) is 2.19. The molecule has 1 aromatic heterocycles. The minimum atomic E-state index is 0.615. The molecule has 1 aromatic carbocycles. The zero-order valence-corrected chi connectivity index (χ0v) is 12.2. The summed E-state index contributed by atoms with van der Waals surface area (Å²) in [7, 11) is 0. The first-order valence-electron chi connectivity index (χ1n) is 7.36. The van der Waals surface area contributed by atoms with Crippen LogP contribution in [0.4, 0.5) is 0 Å². The summed E-state index contributed by atoms with van der Waals surface area (Å²) >= 11 is 0. The van der Waals surface area contributed by atoms with Crippen LogP contribution in [-0.4, -0.2) is 27.6 Å². The number of nitrogens with zero attached hydrogens (tertiary/aromatic N) is 3. The molecule has 0 saturated carbocycles. The molecule has 1 atom stereocenters. The minimum absolute atomic E-state index is 0.615. The number of benzene rings is 1. The van der Waals surface area contributed by atoms with Gasteiger partial charge in [0, 0.05) is 11.6 Å². The molecule has 106 valence electrons. The van der Waals surface area contributed by atoms with Crippen molar-refractivity contribution < 1.29 is 4.52 Å². The Bertz CT molecular complexity index is 579. The van der Waals surface area contributed by atoms with Crippen LogP contribution < -0.4 is 0 Å². The van der Waals surface area contributed by atoms with Gasteiger partial charge in [0.15, 0.2) is 5.82 Å². The molecule has 1 unspecified atom stereocenters. The van der Waals surface area contributed by atoms with Crippen LogP contribution in [0.2, 0.25) is 0 Å². The van der Waals surface area contributed by atoms with E-state index in [1.165, 1.54) is 19.3 Å². The molecule has 1 fully saturated rings. The van der Waals surface area contributed by atoms with Crippen LogP contribution >= 0.6 is 0 Å². The van der Waals surface area contributed by atoms with E-state index in [0.29, 0.717) is 11.9 Å². The molecule has 2 aromatic rings. The van der Waals surface area contributed by atoms with Gasteiger partial charge in [-0.1, -0.05) is 29.8 Å². The highest BCUT2D eigenvalue weighted by molar-refractivity contribution is 5.57. The smallest absolute Gasteiger partial charge is 0.258 e. The number of aromatic nitrogens is 2. The van der Waals surface area contributed by atoms with Gasteiger partial charge < -0.3 is 4.52 Å². The van der Waals surface area contributed by atoms with Crippen molar-refractivity contribution in [3.05, 3.63) is 35.7 Å². The third-order valence-electron chi connectivity index (χ3n) is 4.13. The third kappa shape index (κ3) is 2.75. The molecule has 3 rings (SSSR count).